The molecule has 0 bridgehead atoms. The monoisotopic (exact) mass is 648 g/mol. The van der Waals surface area contributed by atoms with E-state index in [1.165, 1.54) is 12.3 Å². The Morgan fingerprint density at radius 2 is 1.62 bits per heavy atom. The number of allylic oxidation sites excluding steroid dienone is 1. The largest absolute Gasteiger partial charge is 0.477 e. The van der Waals surface area contributed by atoms with E-state index in [0.29, 0.717) is 17.7 Å². The van der Waals surface area contributed by atoms with Gasteiger partial charge in [0.2, 0.25) is 0 Å². The van der Waals surface area contributed by atoms with Gasteiger partial charge < -0.3 is 5.11 Å². The molecule has 16 heteroatoms. The molecule has 0 aliphatic rings. The molecule has 0 fully saturated rings. The van der Waals surface area contributed by atoms with Crippen molar-refractivity contribution >= 4 is 69.5 Å². The summed E-state index contributed by atoms with van der Waals surface area (Å²) in [4.78, 5) is 23.6. The first-order valence-electron chi connectivity index (χ1n) is 10.6. The highest BCUT2D eigenvalue weighted by atomic mass is 35.5. The second-order valence-corrected chi connectivity index (χ2v) is 10.2. The maximum absolute atomic E-state index is 15.0. The van der Waals surface area contributed by atoms with Crippen LogP contribution in [0.2, 0.25) is 15.1 Å². The summed E-state index contributed by atoms with van der Waals surface area (Å²) < 4.78 is 97.8. The Morgan fingerprint density at radius 3 is 2.15 bits per heavy atom. The minimum Gasteiger partial charge on any atom is -0.477 e. The predicted molar refractivity (Wildman–Crippen MR) is 138 cm³/mol. The standard InChI is InChI=1S/C24H14Cl3F7N2O3S/c1-9-8-40-20(22(38)39)19(9)35-36-21(37)12-3-2-10(4-14(12)24(32,33)34)17(28)7-13(23(29,30)31)11-5-15(25)18(27)16(26)6-11/h2-8,13,35H,1H3,(H,36,37)(H,38,39). The third kappa shape index (κ3) is 7.00. The third-order valence-corrected chi connectivity index (χ3v) is 7.63. The summed E-state index contributed by atoms with van der Waals surface area (Å²) in [6, 6.07) is 3.02. The molecule has 3 rings (SSSR count). The zero-order valence-electron chi connectivity index (χ0n) is 19.6. The number of benzene rings is 2. The van der Waals surface area contributed by atoms with Crippen molar-refractivity contribution in [3.63, 3.8) is 0 Å². The molecule has 40 heavy (non-hydrogen) atoms. The molecule has 1 atom stereocenters. The quantitative estimate of drug-likeness (QED) is 0.136. The third-order valence-electron chi connectivity index (χ3n) is 5.35. The summed E-state index contributed by atoms with van der Waals surface area (Å²) in [6.45, 7) is 1.49. The number of aromatic carboxylic acids is 1. The Hall–Kier alpha value is -3.00. The second kappa shape index (κ2) is 11.9. The maximum Gasteiger partial charge on any atom is 0.417 e. The molecule has 3 aromatic rings. The van der Waals surface area contributed by atoms with Crippen molar-refractivity contribution in [2.24, 2.45) is 0 Å². The van der Waals surface area contributed by atoms with Gasteiger partial charge >= 0.3 is 18.3 Å². The Morgan fingerprint density at radius 1 is 1.02 bits per heavy atom. The summed E-state index contributed by atoms with van der Waals surface area (Å²) in [6.07, 6.45) is -10.3. The normalized spacial score (nSPS) is 13.2. The van der Waals surface area contributed by atoms with E-state index in [1.807, 2.05) is 5.43 Å². The van der Waals surface area contributed by atoms with Crippen LogP contribution in [0.4, 0.5) is 36.4 Å². The van der Waals surface area contributed by atoms with E-state index in [4.69, 9.17) is 34.8 Å². The lowest BCUT2D eigenvalue weighted by Crippen LogP contribution is -2.32. The average molecular weight is 650 g/mol. The molecule has 1 amide bonds. The summed E-state index contributed by atoms with van der Waals surface area (Å²) in [5, 5.41) is 9.67. The molecule has 0 saturated carbocycles. The SMILES string of the molecule is Cc1csc(C(=O)O)c1NNC(=O)c1ccc(C(F)=CC(c2cc(Cl)c(Cl)c(Cl)c2)C(F)(F)F)cc1C(F)(F)F. The van der Waals surface area contributed by atoms with Gasteiger partial charge in [0.25, 0.3) is 5.91 Å². The first-order valence-corrected chi connectivity index (χ1v) is 12.6. The first kappa shape index (κ1) is 31.5. The van der Waals surface area contributed by atoms with Crippen LogP contribution in [0.1, 0.15) is 48.2 Å². The lowest BCUT2D eigenvalue weighted by molar-refractivity contribution is -0.140. The van der Waals surface area contributed by atoms with Crippen LogP contribution in [-0.2, 0) is 6.18 Å². The minimum atomic E-state index is -5.23. The number of carboxylic acid groups (broad SMARTS) is 1. The van der Waals surface area contributed by atoms with Crippen LogP contribution in [0.5, 0.6) is 0 Å². The summed E-state index contributed by atoms with van der Waals surface area (Å²) in [5.74, 6) is -7.07. The lowest BCUT2D eigenvalue weighted by Gasteiger charge is -2.19. The van der Waals surface area contributed by atoms with Crippen molar-refractivity contribution < 1.29 is 45.4 Å². The molecule has 1 aromatic heterocycles. The number of hydrazine groups is 1. The van der Waals surface area contributed by atoms with E-state index in [-0.39, 0.29) is 37.8 Å². The van der Waals surface area contributed by atoms with E-state index in [0.717, 1.165) is 23.5 Å². The van der Waals surface area contributed by atoms with Gasteiger partial charge in [0, 0.05) is 5.56 Å². The molecular weight excluding hydrogens is 636 g/mol. The zero-order valence-corrected chi connectivity index (χ0v) is 22.7. The smallest absolute Gasteiger partial charge is 0.417 e. The van der Waals surface area contributed by atoms with E-state index >= 15 is 4.39 Å². The van der Waals surface area contributed by atoms with Crippen molar-refractivity contribution in [3.8, 4) is 0 Å². The van der Waals surface area contributed by atoms with Gasteiger partial charge in [-0.1, -0.05) is 40.9 Å². The minimum absolute atomic E-state index is 0.0411. The number of hydrogen-bond acceptors (Lipinski definition) is 4. The number of halogens is 10. The molecule has 214 valence electrons. The van der Waals surface area contributed by atoms with E-state index < -0.39 is 58.2 Å². The summed E-state index contributed by atoms with van der Waals surface area (Å²) in [7, 11) is 0. The molecule has 0 aliphatic carbocycles. The van der Waals surface area contributed by atoms with Crippen LogP contribution in [0.15, 0.2) is 41.8 Å². The highest BCUT2D eigenvalue weighted by Gasteiger charge is 2.41. The molecular formula is C24H14Cl3F7N2O3S. The number of hydrogen-bond donors (Lipinski definition) is 3. The first-order chi connectivity index (χ1) is 18.4. The number of rotatable bonds is 7. The number of thiophene rings is 1. The fraction of sp³-hybridized carbons (Fsp3) is 0.167. The van der Waals surface area contributed by atoms with Crippen molar-refractivity contribution in [3.05, 3.63) is 89.6 Å². The van der Waals surface area contributed by atoms with Crippen molar-refractivity contribution in [2.75, 3.05) is 5.43 Å². The lowest BCUT2D eigenvalue weighted by atomic mass is 9.95. The second-order valence-electron chi connectivity index (χ2n) is 8.10. The Kier molecular flexibility index (Phi) is 9.34. The highest BCUT2D eigenvalue weighted by molar-refractivity contribution is 7.12. The van der Waals surface area contributed by atoms with Gasteiger partial charge in [-0.2, -0.15) is 26.3 Å². The van der Waals surface area contributed by atoms with E-state index in [1.54, 1.807) is 0 Å². The Bertz CT molecular complexity index is 1480. The van der Waals surface area contributed by atoms with Crippen LogP contribution in [-0.4, -0.2) is 23.2 Å². The highest BCUT2D eigenvalue weighted by Crippen LogP contribution is 2.43. The number of anilines is 1. The van der Waals surface area contributed by atoms with Crippen LogP contribution in [0, 0.1) is 6.92 Å². The van der Waals surface area contributed by atoms with Crippen LogP contribution in [0.3, 0.4) is 0 Å². The maximum atomic E-state index is 15.0. The van der Waals surface area contributed by atoms with Crippen LogP contribution < -0.4 is 10.9 Å². The van der Waals surface area contributed by atoms with Gasteiger partial charge in [0.15, 0.2) is 0 Å². The molecule has 0 saturated heterocycles. The van der Waals surface area contributed by atoms with Gasteiger partial charge in [-0.05, 0) is 53.8 Å². The average Bonchev–Trinajstić information content (AvgIpc) is 3.22. The molecule has 0 radical (unpaired) electrons. The van der Waals surface area contributed by atoms with Gasteiger partial charge in [0.1, 0.15) is 16.6 Å². The molecule has 0 spiro atoms. The summed E-state index contributed by atoms with van der Waals surface area (Å²) in [5.41, 5.74) is 0.324. The van der Waals surface area contributed by atoms with Crippen LogP contribution in [0.25, 0.3) is 5.83 Å². The van der Waals surface area contributed by atoms with Gasteiger partial charge in [-0.25, -0.2) is 9.18 Å². The number of nitrogens with one attached hydrogen (secondary N) is 2. The number of alkyl halides is 6. The Balaban J connectivity index is 1.99. The Labute approximate surface area is 240 Å². The molecule has 2 aromatic carbocycles. The zero-order chi connectivity index (χ0) is 30.2. The molecule has 1 heterocycles. The van der Waals surface area contributed by atoms with E-state index in [2.05, 4.69) is 5.43 Å². The molecule has 3 N–H and O–H groups in total. The molecule has 0 aliphatic heterocycles. The fourth-order valence-electron chi connectivity index (χ4n) is 3.45. The van der Waals surface area contributed by atoms with Gasteiger partial charge in [0.05, 0.1) is 31.9 Å². The van der Waals surface area contributed by atoms with Gasteiger partial charge in [-0.3, -0.25) is 15.6 Å². The van der Waals surface area contributed by atoms with Crippen molar-refractivity contribution in [1.82, 2.24) is 5.43 Å². The van der Waals surface area contributed by atoms with Crippen molar-refractivity contribution in [1.29, 1.82) is 0 Å². The van der Waals surface area contributed by atoms with Gasteiger partial charge in [-0.15, -0.1) is 11.3 Å². The number of carbonyl (C=O) groups is 2. The van der Waals surface area contributed by atoms with E-state index in [9.17, 15) is 41.0 Å². The number of carbonyl (C=O) groups excluding carboxylic acids is 1. The molecule has 1 unspecified atom stereocenters. The molecule has 5 nitrogen and oxygen atoms in total. The summed E-state index contributed by atoms with van der Waals surface area (Å²) >= 11 is 18.1. The van der Waals surface area contributed by atoms with Crippen molar-refractivity contribution in [2.45, 2.75) is 25.2 Å². The fourth-order valence-corrected chi connectivity index (χ4v) is 4.90. The topological polar surface area (TPSA) is 78.4 Å². The number of amides is 1. The number of aryl methyl sites for hydroxylation is 1. The van der Waals surface area contributed by atoms with Crippen LogP contribution >= 0.6 is 46.1 Å². The predicted octanol–water partition coefficient (Wildman–Crippen LogP) is 9.15. The number of carboxylic acids is 1.